The molecule has 0 radical (unpaired) electrons. The average molecular weight is 429 g/mol. The standard InChI is InChI=1S/C21H20FN3O4S/c1-12-16(17-10-15(22)5-6-19(17)25(12)11-21(26)27)8-14-4-7-20-18(9-14)23-13(2)24(3)30(20,28)29/h4-7,9-10H,8,11H2,1-3H3,(H,26,27). The summed E-state index contributed by atoms with van der Waals surface area (Å²) in [4.78, 5) is 15.8. The molecule has 0 bridgehead atoms. The van der Waals surface area contributed by atoms with Crippen LogP contribution < -0.4 is 0 Å². The van der Waals surface area contributed by atoms with Crippen molar-refractivity contribution in [1.82, 2.24) is 8.87 Å². The molecule has 0 atom stereocenters. The zero-order chi connectivity index (χ0) is 21.8. The molecule has 7 nitrogen and oxygen atoms in total. The Morgan fingerprint density at radius 3 is 2.60 bits per heavy atom. The van der Waals surface area contributed by atoms with E-state index in [1.54, 1.807) is 36.6 Å². The van der Waals surface area contributed by atoms with E-state index in [-0.39, 0.29) is 11.4 Å². The summed E-state index contributed by atoms with van der Waals surface area (Å²) in [5.74, 6) is -1.02. The molecule has 1 N–H and O–H groups in total. The van der Waals surface area contributed by atoms with E-state index in [2.05, 4.69) is 4.99 Å². The number of carbonyl (C=O) groups is 1. The largest absolute Gasteiger partial charge is 0.480 e. The van der Waals surface area contributed by atoms with Crippen LogP contribution in [0.5, 0.6) is 0 Å². The fourth-order valence-corrected chi connectivity index (χ4v) is 5.13. The Morgan fingerprint density at radius 1 is 1.17 bits per heavy atom. The topological polar surface area (TPSA) is 92.0 Å². The van der Waals surface area contributed by atoms with Crippen molar-refractivity contribution in [3.8, 4) is 0 Å². The van der Waals surface area contributed by atoms with Crippen molar-refractivity contribution < 1.29 is 22.7 Å². The van der Waals surface area contributed by atoms with E-state index in [1.807, 2.05) is 0 Å². The summed E-state index contributed by atoms with van der Waals surface area (Å²) in [6.07, 6.45) is 0.385. The first kappa shape index (κ1) is 20.1. The van der Waals surface area contributed by atoms with Gasteiger partial charge in [-0.2, -0.15) is 0 Å². The number of nitrogens with zero attached hydrogens (tertiary/aromatic N) is 3. The van der Waals surface area contributed by atoms with Crippen LogP contribution >= 0.6 is 0 Å². The van der Waals surface area contributed by atoms with Gasteiger partial charge in [0.05, 0.1) is 5.69 Å². The quantitative estimate of drug-likeness (QED) is 0.688. The van der Waals surface area contributed by atoms with Gasteiger partial charge in [0, 0.05) is 23.6 Å². The number of carboxylic acids is 1. The second-order valence-electron chi connectivity index (χ2n) is 7.32. The molecule has 0 aliphatic carbocycles. The normalized spacial score (nSPS) is 15.2. The number of aromatic nitrogens is 1. The number of aliphatic imine (C=N–C) groups is 1. The summed E-state index contributed by atoms with van der Waals surface area (Å²) in [6, 6.07) is 9.23. The van der Waals surface area contributed by atoms with Gasteiger partial charge < -0.3 is 9.67 Å². The highest BCUT2D eigenvalue weighted by molar-refractivity contribution is 7.89. The molecule has 0 unspecified atom stereocenters. The van der Waals surface area contributed by atoms with Gasteiger partial charge in [0.1, 0.15) is 23.1 Å². The van der Waals surface area contributed by atoms with E-state index in [1.165, 1.54) is 25.2 Å². The first-order valence-corrected chi connectivity index (χ1v) is 10.7. The number of benzene rings is 2. The number of aliphatic carboxylic acids is 1. The minimum absolute atomic E-state index is 0.135. The van der Waals surface area contributed by atoms with E-state index < -0.39 is 21.8 Å². The van der Waals surface area contributed by atoms with Gasteiger partial charge in [0.15, 0.2) is 0 Å². The lowest BCUT2D eigenvalue weighted by Crippen LogP contribution is -2.33. The van der Waals surface area contributed by atoms with Crippen LogP contribution in [0.3, 0.4) is 0 Å². The lowest BCUT2D eigenvalue weighted by atomic mass is 10.0. The molecule has 4 rings (SSSR count). The molecule has 1 aromatic heterocycles. The predicted molar refractivity (Wildman–Crippen MR) is 111 cm³/mol. The van der Waals surface area contributed by atoms with E-state index in [9.17, 15) is 22.7 Å². The molecule has 1 aliphatic heterocycles. The number of fused-ring (bicyclic) bond motifs is 2. The second-order valence-corrected chi connectivity index (χ2v) is 9.25. The van der Waals surface area contributed by atoms with Crippen molar-refractivity contribution in [2.24, 2.45) is 4.99 Å². The average Bonchev–Trinajstić information content (AvgIpc) is 2.91. The minimum atomic E-state index is -3.63. The summed E-state index contributed by atoms with van der Waals surface area (Å²) in [5.41, 5.74) is 3.32. The Bertz CT molecular complexity index is 1340. The van der Waals surface area contributed by atoms with E-state index in [0.717, 1.165) is 21.1 Å². The predicted octanol–water partition coefficient (Wildman–Crippen LogP) is 3.45. The Balaban J connectivity index is 1.83. The molecule has 0 spiro atoms. The fourth-order valence-electron chi connectivity index (χ4n) is 3.83. The first-order chi connectivity index (χ1) is 14.1. The molecule has 0 fully saturated rings. The highest BCUT2D eigenvalue weighted by Crippen LogP contribution is 2.34. The van der Waals surface area contributed by atoms with Crippen molar-refractivity contribution in [3.05, 3.63) is 59.0 Å². The van der Waals surface area contributed by atoms with Gasteiger partial charge in [-0.3, -0.25) is 9.10 Å². The molecule has 30 heavy (non-hydrogen) atoms. The Morgan fingerprint density at radius 2 is 1.90 bits per heavy atom. The van der Waals surface area contributed by atoms with Crippen LogP contribution in [0.25, 0.3) is 10.9 Å². The van der Waals surface area contributed by atoms with Crippen molar-refractivity contribution >= 4 is 38.4 Å². The molecule has 0 saturated carbocycles. The van der Waals surface area contributed by atoms with Gasteiger partial charge >= 0.3 is 5.97 Å². The maximum atomic E-state index is 13.9. The molecule has 9 heteroatoms. The van der Waals surface area contributed by atoms with Crippen LogP contribution in [0.15, 0.2) is 46.3 Å². The van der Waals surface area contributed by atoms with Gasteiger partial charge in [-0.1, -0.05) is 6.07 Å². The number of hydrogen-bond acceptors (Lipinski definition) is 4. The van der Waals surface area contributed by atoms with Crippen LogP contribution in [0, 0.1) is 12.7 Å². The second kappa shape index (κ2) is 6.94. The van der Waals surface area contributed by atoms with E-state index in [4.69, 9.17) is 0 Å². The van der Waals surface area contributed by atoms with Crippen LogP contribution in [0.4, 0.5) is 10.1 Å². The number of halogens is 1. The number of rotatable bonds is 4. The minimum Gasteiger partial charge on any atom is -0.480 e. The summed E-state index contributed by atoms with van der Waals surface area (Å²) >= 11 is 0. The molecule has 0 amide bonds. The first-order valence-electron chi connectivity index (χ1n) is 9.25. The van der Waals surface area contributed by atoms with Crippen molar-refractivity contribution in [1.29, 1.82) is 0 Å². The monoisotopic (exact) mass is 429 g/mol. The Labute approximate surface area is 173 Å². The van der Waals surface area contributed by atoms with Crippen molar-refractivity contribution in [2.45, 2.75) is 31.7 Å². The molecule has 1 aliphatic rings. The van der Waals surface area contributed by atoms with Gasteiger partial charge in [0.2, 0.25) is 0 Å². The fraction of sp³-hybridized carbons (Fsp3) is 0.238. The third-order valence-electron chi connectivity index (χ3n) is 5.49. The zero-order valence-electron chi connectivity index (χ0n) is 16.7. The number of hydrogen-bond donors (Lipinski definition) is 1. The lowest BCUT2D eigenvalue weighted by Gasteiger charge is -2.24. The summed E-state index contributed by atoms with van der Waals surface area (Å²) in [6.45, 7) is 3.20. The van der Waals surface area contributed by atoms with Crippen molar-refractivity contribution in [3.63, 3.8) is 0 Å². The number of carboxylic acid groups (broad SMARTS) is 1. The zero-order valence-corrected chi connectivity index (χ0v) is 17.5. The van der Waals surface area contributed by atoms with E-state index >= 15 is 0 Å². The molecule has 3 aromatic rings. The highest BCUT2D eigenvalue weighted by Gasteiger charge is 2.29. The molecule has 0 saturated heterocycles. The third-order valence-corrected chi connectivity index (χ3v) is 7.38. The summed E-state index contributed by atoms with van der Waals surface area (Å²) < 4.78 is 41.9. The molecule has 156 valence electrons. The Hall–Kier alpha value is -3.20. The SMILES string of the molecule is CC1=Nc2cc(Cc3c(C)n(CC(=O)O)c4ccc(F)cc34)ccc2S(=O)(=O)N1C. The number of sulfonamides is 1. The molecule has 2 aromatic carbocycles. The maximum absolute atomic E-state index is 13.9. The van der Waals surface area contributed by atoms with Gasteiger partial charge in [-0.25, -0.2) is 17.8 Å². The maximum Gasteiger partial charge on any atom is 0.323 e. The summed E-state index contributed by atoms with van der Waals surface area (Å²) in [5, 5.41) is 9.90. The van der Waals surface area contributed by atoms with Gasteiger partial charge in [0.25, 0.3) is 10.0 Å². The van der Waals surface area contributed by atoms with Crippen molar-refractivity contribution in [2.75, 3.05) is 7.05 Å². The van der Waals surface area contributed by atoms with Crippen LogP contribution in [-0.4, -0.2) is 41.2 Å². The van der Waals surface area contributed by atoms with Crippen LogP contribution in [0.1, 0.15) is 23.7 Å². The summed E-state index contributed by atoms with van der Waals surface area (Å²) in [7, 11) is -2.18. The van der Waals surface area contributed by atoms with Gasteiger partial charge in [-0.05, 0) is 61.7 Å². The molecular formula is C21H20FN3O4S. The number of amidine groups is 1. The molecule has 2 heterocycles. The van der Waals surface area contributed by atoms with E-state index in [0.29, 0.717) is 28.8 Å². The molecular weight excluding hydrogens is 409 g/mol. The smallest absolute Gasteiger partial charge is 0.323 e. The van der Waals surface area contributed by atoms with Gasteiger partial charge in [-0.15, -0.1) is 0 Å². The highest BCUT2D eigenvalue weighted by atomic mass is 32.2. The Kier molecular flexibility index (Phi) is 4.65. The van der Waals surface area contributed by atoms with Crippen LogP contribution in [-0.2, 0) is 27.8 Å². The van der Waals surface area contributed by atoms with Crippen LogP contribution in [0.2, 0.25) is 0 Å². The lowest BCUT2D eigenvalue weighted by molar-refractivity contribution is -0.137. The third kappa shape index (κ3) is 3.15.